The topological polar surface area (TPSA) is 87.6 Å². The Balaban J connectivity index is 2.15. The molecule has 5 nitrogen and oxygen atoms in total. The minimum atomic E-state index is -0.512. The molecule has 0 aromatic heterocycles. The lowest BCUT2D eigenvalue weighted by Crippen LogP contribution is -2.13. The van der Waals surface area contributed by atoms with E-state index in [9.17, 15) is 4.79 Å². The molecule has 0 aliphatic carbocycles. The zero-order valence-electron chi connectivity index (χ0n) is 11.8. The Bertz CT molecular complexity index is 641. The van der Waals surface area contributed by atoms with Crippen LogP contribution >= 0.6 is 0 Å². The van der Waals surface area contributed by atoms with Crippen LogP contribution in [-0.4, -0.2) is 13.0 Å². The normalized spacial score (nSPS) is 10.2. The zero-order valence-corrected chi connectivity index (χ0v) is 11.8. The molecule has 0 aliphatic rings. The first-order chi connectivity index (χ1) is 10.2. The summed E-state index contributed by atoms with van der Waals surface area (Å²) in [5.41, 5.74) is 13.2. The molecule has 2 aromatic carbocycles. The van der Waals surface area contributed by atoms with Crippen molar-refractivity contribution in [3.05, 3.63) is 59.2 Å². The van der Waals surface area contributed by atoms with Gasteiger partial charge in [-0.15, -0.1) is 0 Å². The maximum absolute atomic E-state index is 11.3. The van der Waals surface area contributed by atoms with Gasteiger partial charge >= 0.3 is 0 Å². The van der Waals surface area contributed by atoms with Gasteiger partial charge in [-0.2, -0.15) is 0 Å². The number of hydrogen-bond donors (Lipinski definition) is 2. The highest BCUT2D eigenvalue weighted by molar-refractivity contribution is 5.95. The molecule has 0 bridgehead atoms. The standard InChI is InChI=1S/C16H18N2O3/c1-20-15-8-11(6-7-12(15)9-17)10-21-14-5-3-2-4-13(14)16(18)19/h2-8H,9-10,17H2,1H3,(H2,18,19). The molecule has 0 spiro atoms. The number of hydrogen-bond acceptors (Lipinski definition) is 4. The summed E-state index contributed by atoms with van der Waals surface area (Å²) in [5.74, 6) is 0.676. The maximum Gasteiger partial charge on any atom is 0.252 e. The lowest BCUT2D eigenvalue weighted by atomic mass is 10.1. The highest BCUT2D eigenvalue weighted by Gasteiger charge is 2.09. The van der Waals surface area contributed by atoms with Gasteiger partial charge in [-0.05, 0) is 23.8 Å². The van der Waals surface area contributed by atoms with Gasteiger partial charge in [0.2, 0.25) is 0 Å². The van der Waals surface area contributed by atoms with E-state index in [1.54, 1.807) is 31.4 Å². The van der Waals surface area contributed by atoms with Crippen LogP contribution in [0.5, 0.6) is 11.5 Å². The molecule has 0 saturated carbocycles. The SMILES string of the molecule is COc1cc(COc2ccccc2C(N)=O)ccc1CN. The minimum absolute atomic E-state index is 0.311. The van der Waals surface area contributed by atoms with Crippen LogP contribution in [0.15, 0.2) is 42.5 Å². The van der Waals surface area contributed by atoms with Gasteiger partial charge in [0.05, 0.1) is 12.7 Å². The Morgan fingerprint density at radius 3 is 2.57 bits per heavy atom. The van der Waals surface area contributed by atoms with Crippen LogP contribution in [0.2, 0.25) is 0 Å². The lowest BCUT2D eigenvalue weighted by Gasteiger charge is -2.12. The second-order valence-corrected chi connectivity index (χ2v) is 4.50. The van der Waals surface area contributed by atoms with Crippen LogP contribution in [0.25, 0.3) is 0 Å². The molecule has 0 aliphatic heterocycles. The minimum Gasteiger partial charge on any atom is -0.496 e. The summed E-state index contributed by atoms with van der Waals surface area (Å²) in [4.78, 5) is 11.3. The van der Waals surface area contributed by atoms with Crippen LogP contribution in [0, 0.1) is 0 Å². The van der Waals surface area contributed by atoms with Crippen LogP contribution in [-0.2, 0) is 13.2 Å². The van der Waals surface area contributed by atoms with Gasteiger partial charge in [-0.3, -0.25) is 4.79 Å². The van der Waals surface area contributed by atoms with Gasteiger partial charge in [-0.25, -0.2) is 0 Å². The number of benzene rings is 2. The van der Waals surface area contributed by atoms with Crippen molar-refractivity contribution in [1.82, 2.24) is 0 Å². The van der Waals surface area contributed by atoms with E-state index in [4.69, 9.17) is 20.9 Å². The van der Waals surface area contributed by atoms with Crippen molar-refractivity contribution < 1.29 is 14.3 Å². The van der Waals surface area contributed by atoms with Crippen molar-refractivity contribution in [1.29, 1.82) is 0 Å². The van der Waals surface area contributed by atoms with Crippen molar-refractivity contribution in [3.8, 4) is 11.5 Å². The first kappa shape index (κ1) is 14.9. The molecule has 0 saturated heterocycles. The lowest BCUT2D eigenvalue weighted by molar-refractivity contribution is 0.0996. The first-order valence-electron chi connectivity index (χ1n) is 6.53. The van der Waals surface area contributed by atoms with E-state index in [0.717, 1.165) is 16.9 Å². The third kappa shape index (κ3) is 3.52. The maximum atomic E-state index is 11.3. The number of carbonyl (C=O) groups excluding carboxylic acids is 1. The van der Waals surface area contributed by atoms with Crippen molar-refractivity contribution in [3.63, 3.8) is 0 Å². The first-order valence-corrected chi connectivity index (χ1v) is 6.53. The molecule has 2 aromatic rings. The predicted octanol–water partition coefficient (Wildman–Crippen LogP) is 1.83. The Morgan fingerprint density at radius 1 is 1.14 bits per heavy atom. The van der Waals surface area contributed by atoms with Crippen LogP contribution in [0.4, 0.5) is 0 Å². The van der Waals surface area contributed by atoms with Crippen LogP contribution in [0.3, 0.4) is 0 Å². The van der Waals surface area contributed by atoms with E-state index in [1.165, 1.54) is 0 Å². The largest absolute Gasteiger partial charge is 0.496 e. The highest BCUT2D eigenvalue weighted by Crippen LogP contribution is 2.22. The summed E-state index contributed by atoms with van der Waals surface area (Å²) >= 11 is 0. The summed E-state index contributed by atoms with van der Waals surface area (Å²) in [5, 5.41) is 0. The van der Waals surface area contributed by atoms with E-state index in [1.807, 2.05) is 18.2 Å². The van der Waals surface area contributed by atoms with E-state index in [2.05, 4.69) is 0 Å². The molecule has 0 radical (unpaired) electrons. The molecule has 0 fully saturated rings. The average Bonchev–Trinajstić information content (AvgIpc) is 2.52. The monoisotopic (exact) mass is 286 g/mol. The van der Waals surface area contributed by atoms with Crippen molar-refractivity contribution in [2.45, 2.75) is 13.2 Å². The molecular weight excluding hydrogens is 268 g/mol. The van der Waals surface area contributed by atoms with E-state index in [0.29, 0.717) is 24.5 Å². The van der Waals surface area contributed by atoms with Crippen LogP contribution in [0.1, 0.15) is 21.5 Å². The van der Waals surface area contributed by atoms with E-state index < -0.39 is 5.91 Å². The predicted molar refractivity (Wildman–Crippen MR) is 80.2 cm³/mol. The van der Waals surface area contributed by atoms with Gasteiger partial charge in [0, 0.05) is 12.1 Å². The molecule has 0 atom stereocenters. The fourth-order valence-electron chi connectivity index (χ4n) is 2.00. The fourth-order valence-corrected chi connectivity index (χ4v) is 2.00. The summed E-state index contributed by atoms with van der Waals surface area (Å²) in [6.45, 7) is 0.723. The molecule has 0 unspecified atom stereocenters. The Hall–Kier alpha value is -2.53. The van der Waals surface area contributed by atoms with E-state index >= 15 is 0 Å². The second-order valence-electron chi connectivity index (χ2n) is 4.50. The van der Waals surface area contributed by atoms with Crippen molar-refractivity contribution in [2.24, 2.45) is 11.5 Å². The molecule has 2 rings (SSSR count). The number of para-hydroxylation sites is 1. The molecule has 5 heteroatoms. The van der Waals surface area contributed by atoms with Gasteiger partial charge in [0.1, 0.15) is 18.1 Å². The van der Waals surface area contributed by atoms with Crippen molar-refractivity contribution in [2.75, 3.05) is 7.11 Å². The molecule has 1 amide bonds. The Kier molecular flexibility index (Phi) is 4.79. The zero-order chi connectivity index (χ0) is 15.2. The number of carbonyl (C=O) groups is 1. The third-order valence-electron chi connectivity index (χ3n) is 3.12. The summed E-state index contributed by atoms with van der Waals surface area (Å²) < 4.78 is 11.0. The van der Waals surface area contributed by atoms with Gasteiger partial charge in [0.25, 0.3) is 5.91 Å². The van der Waals surface area contributed by atoms with Crippen molar-refractivity contribution >= 4 is 5.91 Å². The van der Waals surface area contributed by atoms with Gasteiger partial charge < -0.3 is 20.9 Å². The second kappa shape index (κ2) is 6.76. The molecule has 21 heavy (non-hydrogen) atoms. The third-order valence-corrected chi connectivity index (χ3v) is 3.12. The number of ether oxygens (including phenoxy) is 2. The average molecular weight is 286 g/mol. The molecule has 110 valence electrons. The molecule has 4 N–H and O–H groups in total. The van der Waals surface area contributed by atoms with Gasteiger partial charge in [0.15, 0.2) is 0 Å². The smallest absolute Gasteiger partial charge is 0.252 e. The fraction of sp³-hybridized carbons (Fsp3) is 0.188. The number of methoxy groups -OCH3 is 1. The van der Waals surface area contributed by atoms with E-state index in [-0.39, 0.29) is 0 Å². The summed E-state index contributed by atoms with van der Waals surface area (Å²) in [6, 6.07) is 12.6. The number of rotatable bonds is 6. The van der Waals surface area contributed by atoms with Crippen LogP contribution < -0.4 is 20.9 Å². The Labute approximate surface area is 123 Å². The summed E-state index contributed by atoms with van der Waals surface area (Å²) in [6.07, 6.45) is 0. The number of nitrogens with two attached hydrogens (primary N) is 2. The summed E-state index contributed by atoms with van der Waals surface area (Å²) in [7, 11) is 1.60. The molecular formula is C16H18N2O3. The number of amides is 1. The number of primary amides is 1. The quantitative estimate of drug-likeness (QED) is 0.848. The van der Waals surface area contributed by atoms with Gasteiger partial charge in [-0.1, -0.05) is 24.3 Å². The Morgan fingerprint density at radius 2 is 1.90 bits per heavy atom. The molecule has 0 heterocycles. The highest BCUT2D eigenvalue weighted by atomic mass is 16.5.